The molecule has 1 heterocycles. The summed E-state index contributed by atoms with van der Waals surface area (Å²) >= 11 is 5.35. The molecular formula is C23H18N4O3S. The Labute approximate surface area is 183 Å². The Morgan fingerprint density at radius 1 is 1.03 bits per heavy atom. The molecule has 0 spiro atoms. The molecule has 0 fully saturated rings. The van der Waals surface area contributed by atoms with E-state index < -0.39 is 4.92 Å². The van der Waals surface area contributed by atoms with Crippen molar-refractivity contribution in [3.63, 3.8) is 0 Å². The van der Waals surface area contributed by atoms with Gasteiger partial charge in [0.15, 0.2) is 5.11 Å². The molecule has 3 aromatic carbocycles. The van der Waals surface area contributed by atoms with Crippen LogP contribution >= 0.6 is 12.2 Å². The summed E-state index contributed by atoms with van der Waals surface area (Å²) in [6.45, 7) is 2.00. The maximum Gasteiger partial charge on any atom is 0.269 e. The van der Waals surface area contributed by atoms with Crippen LogP contribution in [0.1, 0.15) is 5.56 Å². The van der Waals surface area contributed by atoms with Crippen LogP contribution in [0.2, 0.25) is 0 Å². The number of thiocarbonyl (C=S) groups is 1. The van der Waals surface area contributed by atoms with E-state index in [1.165, 1.54) is 12.1 Å². The van der Waals surface area contributed by atoms with Crippen LogP contribution in [0.5, 0.6) is 0 Å². The third-order valence-corrected chi connectivity index (χ3v) is 4.77. The molecule has 0 unspecified atom stereocenters. The fraction of sp³-hybridized carbons (Fsp3) is 0.0435. The number of para-hydroxylation sites is 1. The molecule has 0 aliphatic heterocycles. The minimum absolute atomic E-state index is 0.0154. The molecule has 8 heteroatoms. The smallest absolute Gasteiger partial charge is 0.269 e. The number of non-ortho nitro benzene ring substituents is 1. The van der Waals surface area contributed by atoms with Gasteiger partial charge in [-0.15, -0.1) is 5.10 Å². The van der Waals surface area contributed by atoms with Crippen molar-refractivity contribution in [2.75, 3.05) is 5.32 Å². The van der Waals surface area contributed by atoms with Gasteiger partial charge >= 0.3 is 0 Å². The number of aryl methyl sites for hydroxylation is 1. The summed E-state index contributed by atoms with van der Waals surface area (Å²) in [5, 5.41) is 19.6. The first-order chi connectivity index (χ1) is 15.0. The van der Waals surface area contributed by atoms with E-state index in [0.717, 1.165) is 22.2 Å². The average Bonchev–Trinajstić information content (AvgIpc) is 2.77. The first-order valence-corrected chi connectivity index (χ1v) is 9.85. The first kappa shape index (κ1) is 20.2. The number of nitrogens with one attached hydrogen (secondary N) is 2. The summed E-state index contributed by atoms with van der Waals surface area (Å²) in [6.07, 6.45) is 0. The lowest BCUT2D eigenvalue weighted by Crippen LogP contribution is -2.26. The molecule has 0 aliphatic carbocycles. The van der Waals surface area contributed by atoms with Gasteiger partial charge in [-0.25, -0.2) is 5.43 Å². The van der Waals surface area contributed by atoms with Crippen molar-refractivity contribution in [3.05, 3.63) is 100 Å². The van der Waals surface area contributed by atoms with Crippen molar-refractivity contribution in [2.24, 2.45) is 5.10 Å². The molecular weight excluding hydrogens is 412 g/mol. The monoisotopic (exact) mass is 430 g/mol. The predicted octanol–water partition coefficient (Wildman–Crippen LogP) is 5.12. The van der Waals surface area contributed by atoms with Gasteiger partial charge < -0.3 is 9.73 Å². The van der Waals surface area contributed by atoms with E-state index in [9.17, 15) is 10.1 Å². The second-order valence-corrected chi connectivity index (χ2v) is 7.26. The zero-order chi connectivity index (χ0) is 21.8. The van der Waals surface area contributed by atoms with Gasteiger partial charge in [0.1, 0.15) is 5.58 Å². The predicted molar refractivity (Wildman–Crippen MR) is 124 cm³/mol. The van der Waals surface area contributed by atoms with E-state index in [2.05, 4.69) is 15.8 Å². The fourth-order valence-electron chi connectivity index (χ4n) is 3.11. The van der Waals surface area contributed by atoms with Gasteiger partial charge in [-0.05, 0) is 66.7 Å². The van der Waals surface area contributed by atoms with E-state index in [-0.39, 0.29) is 5.69 Å². The quantitative estimate of drug-likeness (QED) is 0.265. The SMILES string of the molecule is Cc1cccc(NC(=S)N/N=c2/oc3ccccc3cc2-c2ccc([N+](=O)[O-])cc2)c1. The lowest BCUT2D eigenvalue weighted by molar-refractivity contribution is -0.384. The molecule has 0 atom stereocenters. The third kappa shape index (κ3) is 4.76. The Bertz CT molecular complexity index is 1350. The lowest BCUT2D eigenvalue weighted by Gasteiger charge is -2.08. The topological polar surface area (TPSA) is 92.7 Å². The summed E-state index contributed by atoms with van der Waals surface area (Å²) in [7, 11) is 0. The van der Waals surface area contributed by atoms with Gasteiger partial charge in [-0.1, -0.05) is 30.3 Å². The van der Waals surface area contributed by atoms with Crippen LogP contribution < -0.4 is 16.3 Å². The fourth-order valence-corrected chi connectivity index (χ4v) is 3.27. The molecule has 0 amide bonds. The largest absolute Gasteiger partial charge is 0.436 e. The maximum atomic E-state index is 11.0. The van der Waals surface area contributed by atoms with E-state index in [1.807, 2.05) is 61.5 Å². The van der Waals surface area contributed by atoms with Gasteiger partial charge in [0.25, 0.3) is 5.69 Å². The number of nitrogens with zero attached hydrogens (tertiary/aromatic N) is 2. The van der Waals surface area contributed by atoms with Crippen LogP contribution in [0.15, 0.2) is 88.4 Å². The number of anilines is 1. The second-order valence-electron chi connectivity index (χ2n) is 6.85. The molecule has 0 saturated heterocycles. The highest BCUT2D eigenvalue weighted by Crippen LogP contribution is 2.23. The molecule has 0 bridgehead atoms. The Hall–Kier alpha value is -4.04. The first-order valence-electron chi connectivity index (χ1n) is 9.45. The second kappa shape index (κ2) is 8.76. The van der Waals surface area contributed by atoms with Gasteiger partial charge in [0.2, 0.25) is 5.55 Å². The number of rotatable bonds is 4. The number of hydrogen-bond acceptors (Lipinski definition) is 5. The van der Waals surface area contributed by atoms with Crippen molar-refractivity contribution in [1.29, 1.82) is 0 Å². The summed E-state index contributed by atoms with van der Waals surface area (Å²) < 4.78 is 5.99. The molecule has 4 rings (SSSR count). The molecule has 154 valence electrons. The standard InChI is InChI=1S/C23H18N4O3S/c1-15-5-4-7-18(13-15)24-23(31)26-25-22-20(14-17-6-2-3-8-21(17)30-22)16-9-11-19(12-10-16)27(28)29/h2-14H,1H3,(H2,24,26,31)/b25-22+. The Kier molecular flexibility index (Phi) is 5.72. The lowest BCUT2D eigenvalue weighted by atomic mass is 10.1. The van der Waals surface area contributed by atoms with Gasteiger partial charge in [-0.2, -0.15) is 0 Å². The molecule has 0 radical (unpaired) electrons. The Balaban J connectivity index is 1.70. The molecule has 4 aromatic rings. The molecule has 31 heavy (non-hydrogen) atoms. The van der Waals surface area contributed by atoms with E-state index >= 15 is 0 Å². The Morgan fingerprint density at radius 2 is 1.81 bits per heavy atom. The van der Waals surface area contributed by atoms with Gasteiger partial charge in [0, 0.05) is 28.8 Å². The summed E-state index contributed by atoms with van der Waals surface area (Å²) in [6, 6.07) is 23.5. The van der Waals surface area contributed by atoms with Crippen molar-refractivity contribution in [1.82, 2.24) is 5.43 Å². The number of nitro benzene ring substituents is 1. The highest BCUT2D eigenvalue weighted by molar-refractivity contribution is 7.80. The van der Waals surface area contributed by atoms with Crippen LogP contribution in [0.3, 0.4) is 0 Å². The third-order valence-electron chi connectivity index (χ3n) is 4.58. The average molecular weight is 430 g/mol. The molecule has 0 aliphatic rings. The highest BCUT2D eigenvalue weighted by Gasteiger charge is 2.10. The van der Waals surface area contributed by atoms with Crippen molar-refractivity contribution >= 4 is 39.7 Å². The Morgan fingerprint density at radius 3 is 2.55 bits per heavy atom. The number of hydrogen-bond donors (Lipinski definition) is 2. The highest BCUT2D eigenvalue weighted by atomic mass is 32.1. The molecule has 7 nitrogen and oxygen atoms in total. The molecule has 0 saturated carbocycles. The minimum atomic E-state index is -0.434. The number of fused-ring (bicyclic) bond motifs is 1. The minimum Gasteiger partial charge on any atom is -0.436 e. The molecule has 1 aromatic heterocycles. The number of benzene rings is 3. The van der Waals surface area contributed by atoms with Crippen LogP contribution in [0.4, 0.5) is 11.4 Å². The van der Waals surface area contributed by atoms with E-state index in [4.69, 9.17) is 16.6 Å². The van der Waals surface area contributed by atoms with Crippen LogP contribution in [0.25, 0.3) is 22.1 Å². The number of nitro groups is 1. The molecule has 2 N–H and O–H groups in total. The normalized spacial score (nSPS) is 11.3. The summed E-state index contributed by atoms with van der Waals surface area (Å²) in [5.74, 6) is 0. The van der Waals surface area contributed by atoms with E-state index in [1.54, 1.807) is 12.1 Å². The zero-order valence-corrected chi connectivity index (χ0v) is 17.3. The summed E-state index contributed by atoms with van der Waals surface area (Å²) in [4.78, 5) is 10.5. The van der Waals surface area contributed by atoms with Crippen molar-refractivity contribution in [2.45, 2.75) is 6.92 Å². The van der Waals surface area contributed by atoms with Crippen molar-refractivity contribution < 1.29 is 9.34 Å². The van der Waals surface area contributed by atoms with Crippen LogP contribution in [-0.4, -0.2) is 10.0 Å². The zero-order valence-electron chi connectivity index (χ0n) is 16.5. The van der Waals surface area contributed by atoms with E-state index in [0.29, 0.717) is 21.8 Å². The van der Waals surface area contributed by atoms with Gasteiger partial charge in [-0.3, -0.25) is 10.1 Å². The van der Waals surface area contributed by atoms with Crippen molar-refractivity contribution in [3.8, 4) is 11.1 Å². The summed E-state index contributed by atoms with van der Waals surface area (Å²) in [5.41, 5.74) is 7.16. The maximum absolute atomic E-state index is 11.0. The van der Waals surface area contributed by atoms with Gasteiger partial charge in [0.05, 0.1) is 4.92 Å². The van der Waals surface area contributed by atoms with Crippen LogP contribution in [0, 0.1) is 17.0 Å². The van der Waals surface area contributed by atoms with Crippen LogP contribution in [-0.2, 0) is 0 Å².